The molecule has 140 valence electrons. The van der Waals surface area contributed by atoms with Crippen LogP contribution in [0.2, 0.25) is 0 Å². The maximum absolute atomic E-state index is 12.8. The number of likely N-dealkylation sites (N-methyl/N-ethyl adjacent to an activating group) is 1. The van der Waals surface area contributed by atoms with Crippen molar-refractivity contribution < 1.29 is 9.21 Å². The molecule has 0 N–H and O–H groups in total. The van der Waals surface area contributed by atoms with Gasteiger partial charge in [0.25, 0.3) is 0 Å². The fourth-order valence-corrected chi connectivity index (χ4v) is 4.53. The molecular weight excluding hydrogens is 380 g/mol. The highest BCUT2D eigenvalue weighted by molar-refractivity contribution is 7.17. The third-order valence-electron chi connectivity index (χ3n) is 4.50. The van der Waals surface area contributed by atoms with Crippen LogP contribution in [0, 0.1) is 20.8 Å². The van der Waals surface area contributed by atoms with Crippen LogP contribution in [-0.2, 0) is 17.8 Å². The number of hydrogen-bond acceptors (Lipinski definition) is 6. The minimum absolute atomic E-state index is 0.00503. The summed E-state index contributed by atoms with van der Waals surface area (Å²) in [4.78, 5) is 26.7. The van der Waals surface area contributed by atoms with Gasteiger partial charge in [-0.15, -0.1) is 22.7 Å². The number of hydrogen-bond donors (Lipinski definition) is 0. The Labute approximate surface area is 165 Å². The molecule has 0 aliphatic heterocycles. The molecule has 27 heavy (non-hydrogen) atoms. The Morgan fingerprint density at radius 1 is 1.30 bits per heavy atom. The molecule has 0 saturated carbocycles. The summed E-state index contributed by atoms with van der Waals surface area (Å²) in [6.07, 6.45) is 2.30. The number of imidazole rings is 1. The van der Waals surface area contributed by atoms with Crippen LogP contribution < -0.4 is 0 Å². The van der Waals surface area contributed by atoms with E-state index in [2.05, 4.69) is 27.5 Å². The third-order valence-corrected chi connectivity index (χ3v) is 6.25. The van der Waals surface area contributed by atoms with Crippen molar-refractivity contribution in [2.45, 2.75) is 33.7 Å². The summed E-state index contributed by atoms with van der Waals surface area (Å²) < 4.78 is 7.82. The molecule has 0 aromatic carbocycles. The van der Waals surface area contributed by atoms with E-state index in [1.165, 1.54) is 4.88 Å². The highest BCUT2D eigenvalue weighted by Crippen LogP contribution is 2.26. The summed E-state index contributed by atoms with van der Waals surface area (Å²) in [5.74, 6) is 1.28. The summed E-state index contributed by atoms with van der Waals surface area (Å²) in [5.41, 5.74) is 2.69. The first kappa shape index (κ1) is 17.9. The molecule has 8 heteroatoms. The zero-order valence-corrected chi connectivity index (χ0v) is 17.3. The van der Waals surface area contributed by atoms with Crippen molar-refractivity contribution in [1.82, 2.24) is 19.3 Å². The number of aryl methyl sites for hydroxylation is 3. The summed E-state index contributed by atoms with van der Waals surface area (Å²) >= 11 is 3.23. The lowest BCUT2D eigenvalue weighted by molar-refractivity contribution is -0.129. The molecule has 0 saturated heterocycles. The quantitative estimate of drug-likeness (QED) is 0.503. The first-order valence-electron chi connectivity index (χ1n) is 8.60. The molecule has 0 atom stereocenters. The van der Waals surface area contributed by atoms with Crippen molar-refractivity contribution in [3.8, 4) is 10.8 Å². The smallest absolute Gasteiger partial charge is 0.236 e. The standard InChI is InChI=1S/C19H20N4O2S2/c1-11-9-23-15(12(2)20-19(23)27-11)10-22(4)17(24)8-14-13(3)25-18(21-14)16-6-5-7-26-16/h5-7,9H,8,10H2,1-4H3. The second-order valence-electron chi connectivity index (χ2n) is 6.56. The van der Waals surface area contributed by atoms with Crippen LogP contribution in [0.4, 0.5) is 0 Å². The van der Waals surface area contributed by atoms with Crippen molar-refractivity contribution in [1.29, 1.82) is 0 Å². The minimum Gasteiger partial charge on any atom is -0.440 e. The number of amides is 1. The molecule has 4 rings (SSSR count). The monoisotopic (exact) mass is 400 g/mol. The van der Waals surface area contributed by atoms with Gasteiger partial charge in [-0.3, -0.25) is 9.20 Å². The molecule has 6 nitrogen and oxygen atoms in total. The van der Waals surface area contributed by atoms with E-state index in [1.54, 1.807) is 27.6 Å². The Kier molecular flexibility index (Phi) is 4.61. The Hall–Kier alpha value is -2.45. The first-order valence-corrected chi connectivity index (χ1v) is 10.3. The van der Waals surface area contributed by atoms with Crippen LogP contribution in [0.3, 0.4) is 0 Å². The van der Waals surface area contributed by atoms with Crippen molar-refractivity contribution in [3.63, 3.8) is 0 Å². The van der Waals surface area contributed by atoms with Gasteiger partial charge >= 0.3 is 0 Å². The highest BCUT2D eigenvalue weighted by Gasteiger charge is 2.20. The van der Waals surface area contributed by atoms with Gasteiger partial charge in [0.1, 0.15) is 5.76 Å². The van der Waals surface area contributed by atoms with Crippen molar-refractivity contribution in [3.05, 3.63) is 51.4 Å². The molecule has 0 radical (unpaired) electrons. The summed E-state index contributed by atoms with van der Waals surface area (Å²) in [5, 5.41) is 1.98. The third kappa shape index (κ3) is 3.42. The topological polar surface area (TPSA) is 63.6 Å². The lowest BCUT2D eigenvalue weighted by Gasteiger charge is -2.16. The number of oxazole rings is 1. The summed E-state index contributed by atoms with van der Waals surface area (Å²) in [6.45, 7) is 6.41. The number of thiophene rings is 1. The number of aromatic nitrogens is 3. The number of carbonyl (C=O) groups excluding carboxylic acids is 1. The van der Waals surface area contributed by atoms with Crippen LogP contribution in [0.25, 0.3) is 15.7 Å². The van der Waals surface area contributed by atoms with E-state index in [4.69, 9.17) is 4.42 Å². The average Bonchev–Trinajstić information content (AvgIpc) is 3.36. The Balaban J connectivity index is 1.50. The van der Waals surface area contributed by atoms with Crippen molar-refractivity contribution >= 4 is 33.5 Å². The van der Waals surface area contributed by atoms with E-state index < -0.39 is 0 Å². The van der Waals surface area contributed by atoms with E-state index in [0.717, 1.165) is 21.2 Å². The van der Waals surface area contributed by atoms with E-state index in [0.29, 0.717) is 23.9 Å². The Morgan fingerprint density at radius 3 is 2.85 bits per heavy atom. The maximum atomic E-state index is 12.8. The molecule has 0 bridgehead atoms. The van der Waals surface area contributed by atoms with E-state index >= 15 is 0 Å². The number of fused-ring (bicyclic) bond motifs is 1. The Bertz CT molecular complexity index is 1100. The molecule has 0 spiro atoms. The van der Waals surface area contributed by atoms with Crippen LogP contribution >= 0.6 is 22.7 Å². The zero-order valence-electron chi connectivity index (χ0n) is 15.6. The number of thiazole rings is 1. The Morgan fingerprint density at radius 2 is 2.11 bits per heavy atom. The van der Waals surface area contributed by atoms with Crippen LogP contribution in [0.1, 0.15) is 27.7 Å². The van der Waals surface area contributed by atoms with Crippen molar-refractivity contribution in [2.24, 2.45) is 0 Å². The second-order valence-corrected chi connectivity index (χ2v) is 8.72. The van der Waals surface area contributed by atoms with Crippen LogP contribution in [-0.4, -0.2) is 32.2 Å². The summed E-state index contributed by atoms with van der Waals surface area (Å²) in [7, 11) is 1.82. The molecule has 1 amide bonds. The highest BCUT2D eigenvalue weighted by atomic mass is 32.1. The minimum atomic E-state index is 0.00503. The van der Waals surface area contributed by atoms with Gasteiger partial charge in [0.05, 0.1) is 34.9 Å². The molecule has 0 aliphatic rings. The molecule has 4 aromatic rings. The summed E-state index contributed by atoms with van der Waals surface area (Å²) in [6, 6.07) is 3.92. The molecule has 0 unspecified atom stereocenters. The fraction of sp³-hybridized carbons (Fsp3) is 0.316. The first-order chi connectivity index (χ1) is 12.9. The van der Waals surface area contributed by atoms with E-state index in [9.17, 15) is 4.79 Å². The normalized spacial score (nSPS) is 11.4. The second kappa shape index (κ2) is 6.94. The van der Waals surface area contributed by atoms with Gasteiger partial charge in [0.2, 0.25) is 11.8 Å². The maximum Gasteiger partial charge on any atom is 0.236 e. The van der Waals surface area contributed by atoms with Crippen LogP contribution in [0.5, 0.6) is 0 Å². The zero-order chi connectivity index (χ0) is 19.1. The average molecular weight is 401 g/mol. The van der Waals surface area contributed by atoms with E-state index in [-0.39, 0.29) is 12.3 Å². The molecular formula is C19H20N4O2S2. The molecule has 4 heterocycles. The number of carbonyl (C=O) groups is 1. The van der Waals surface area contributed by atoms with Gasteiger partial charge in [-0.2, -0.15) is 0 Å². The molecule has 0 aliphatic carbocycles. The van der Waals surface area contributed by atoms with E-state index in [1.807, 2.05) is 38.4 Å². The van der Waals surface area contributed by atoms with Gasteiger partial charge < -0.3 is 9.32 Å². The predicted molar refractivity (Wildman–Crippen MR) is 107 cm³/mol. The van der Waals surface area contributed by atoms with Gasteiger partial charge in [-0.05, 0) is 32.2 Å². The predicted octanol–water partition coefficient (Wildman–Crippen LogP) is 4.24. The lowest BCUT2D eigenvalue weighted by atomic mass is 10.2. The lowest BCUT2D eigenvalue weighted by Crippen LogP contribution is -2.28. The molecule has 0 fully saturated rings. The fourth-order valence-electron chi connectivity index (χ4n) is 2.99. The SMILES string of the molecule is Cc1cn2c(CN(C)C(=O)Cc3nc(-c4cccs4)oc3C)c(C)nc2s1. The van der Waals surface area contributed by atoms with Gasteiger partial charge in [0.15, 0.2) is 4.96 Å². The van der Waals surface area contributed by atoms with Gasteiger partial charge in [-0.25, -0.2) is 9.97 Å². The number of nitrogens with zero attached hydrogens (tertiary/aromatic N) is 4. The van der Waals surface area contributed by atoms with Gasteiger partial charge in [-0.1, -0.05) is 6.07 Å². The van der Waals surface area contributed by atoms with Gasteiger partial charge in [0, 0.05) is 18.1 Å². The number of rotatable bonds is 5. The van der Waals surface area contributed by atoms with Crippen molar-refractivity contribution in [2.75, 3.05) is 7.05 Å². The molecule has 4 aromatic heterocycles. The largest absolute Gasteiger partial charge is 0.440 e. The van der Waals surface area contributed by atoms with Crippen LogP contribution in [0.15, 0.2) is 28.1 Å².